The van der Waals surface area contributed by atoms with Gasteiger partial charge < -0.3 is 0 Å². The Morgan fingerprint density at radius 3 is 2.57 bits per heavy atom. The molecule has 0 radical (unpaired) electrons. The van der Waals surface area contributed by atoms with Crippen LogP contribution in [0.2, 0.25) is 0 Å². The number of hydrogen-bond donors (Lipinski definition) is 2. The van der Waals surface area contributed by atoms with E-state index >= 15 is 0 Å². The Bertz CT molecular complexity index is 799. The van der Waals surface area contributed by atoms with Crippen molar-refractivity contribution in [2.24, 2.45) is 0 Å². The third kappa shape index (κ3) is 2.71. The molecule has 0 fully saturated rings. The van der Waals surface area contributed by atoms with Gasteiger partial charge in [0.2, 0.25) is 11.4 Å². The first-order valence-corrected chi connectivity index (χ1v) is 7.02. The summed E-state index contributed by atoms with van der Waals surface area (Å²) in [5.74, 6) is -0.347. The maximum atomic E-state index is 11.1. The number of rotatable bonds is 4. The number of nitrogens with one attached hydrogen (secondary N) is 1. The third-order valence-corrected chi connectivity index (χ3v) is 3.69. The zero-order valence-electron chi connectivity index (χ0n) is 11.6. The summed E-state index contributed by atoms with van der Waals surface area (Å²) in [6.45, 7) is 0.735. The van der Waals surface area contributed by atoms with Gasteiger partial charge in [-0.3, -0.25) is 10.0 Å². The molecule has 21 heavy (non-hydrogen) atoms. The fourth-order valence-corrected chi connectivity index (χ4v) is 2.70. The van der Waals surface area contributed by atoms with E-state index in [0.29, 0.717) is 12.8 Å². The van der Waals surface area contributed by atoms with Crippen molar-refractivity contribution in [3.63, 3.8) is 0 Å². The van der Waals surface area contributed by atoms with E-state index in [1.807, 2.05) is 24.3 Å². The van der Waals surface area contributed by atoms with E-state index in [2.05, 4.69) is 35.0 Å². The van der Waals surface area contributed by atoms with Gasteiger partial charge in [0.15, 0.2) is 6.20 Å². The summed E-state index contributed by atoms with van der Waals surface area (Å²) in [6, 6.07) is 16.6. The summed E-state index contributed by atoms with van der Waals surface area (Å²) in [5.41, 5.74) is 2.82. The van der Waals surface area contributed by atoms with E-state index in [4.69, 9.17) is 5.21 Å². The number of aryl methyl sites for hydroxylation is 1. The van der Waals surface area contributed by atoms with Crippen LogP contribution in [0.25, 0.3) is 21.7 Å². The Morgan fingerprint density at radius 1 is 1.05 bits per heavy atom. The topological polar surface area (TPSA) is 53.2 Å². The quantitative estimate of drug-likeness (QED) is 0.334. The lowest BCUT2D eigenvalue weighted by Crippen LogP contribution is -2.35. The number of fused-ring (bicyclic) bond motifs is 3. The van der Waals surface area contributed by atoms with Gasteiger partial charge >= 0.3 is 0 Å². The number of para-hydroxylation sites is 1. The maximum absolute atomic E-state index is 11.1. The van der Waals surface area contributed by atoms with Crippen LogP contribution in [-0.4, -0.2) is 11.1 Å². The lowest BCUT2D eigenvalue weighted by molar-refractivity contribution is -0.670. The van der Waals surface area contributed by atoms with Crippen molar-refractivity contribution in [1.29, 1.82) is 0 Å². The molecule has 4 nitrogen and oxygen atoms in total. The summed E-state index contributed by atoms with van der Waals surface area (Å²) in [6.07, 6.45) is 3.11. The van der Waals surface area contributed by atoms with Crippen molar-refractivity contribution in [3.8, 4) is 0 Å². The molecule has 1 heterocycles. The molecular formula is C17H17N2O2+. The van der Waals surface area contributed by atoms with E-state index in [1.165, 1.54) is 16.2 Å². The highest BCUT2D eigenvalue weighted by Gasteiger charge is 2.12. The highest BCUT2D eigenvalue weighted by molar-refractivity contribution is 6.03. The number of carbonyl (C=O) groups excluding carboxylic acids is 1. The number of amides is 1. The predicted molar refractivity (Wildman–Crippen MR) is 80.8 cm³/mol. The van der Waals surface area contributed by atoms with Crippen molar-refractivity contribution in [2.75, 3.05) is 0 Å². The predicted octanol–water partition coefficient (Wildman–Crippen LogP) is 2.57. The van der Waals surface area contributed by atoms with Crippen molar-refractivity contribution < 1.29 is 14.6 Å². The summed E-state index contributed by atoms with van der Waals surface area (Å²) in [4.78, 5) is 11.1. The molecule has 3 rings (SSSR count). The molecule has 0 aliphatic heterocycles. The number of aromatic nitrogens is 1. The molecule has 2 N–H and O–H groups in total. The fraction of sp³-hybridized carbons (Fsp3) is 0.176. The van der Waals surface area contributed by atoms with Gasteiger partial charge in [-0.1, -0.05) is 30.3 Å². The Morgan fingerprint density at radius 2 is 1.76 bits per heavy atom. The second-order valence-corrected chi connectivity index (χ2v) is 5.07. The van der Waals surface area contributed by atoms with Crippen LogP contribution in [-0.2, 0) is 11.3 Å². The number of carbonyl (C=O) groups is 1. The molecule has 0 spiro atoms. The Hall–Kier alpha value is -2.46. The van der Waals surface area contributed by atoms with Crippen LogP contribution in [0.1, 0.15) is 12.8 Å². The first-order chi connectivity index (χ1) is 10.3. The zero-order valence-corrected chi connectivity index (χ0v) is 11.6. The van der Waals surface area contributed by atoms with Gasteiger partial charge in [-0.25, -0.2) is 5.48 Å². The fourth-order valence-electron chi connectivity index (χ4n) is 2.70. The van der Waals surface area contributed by atoms with E-state index in [-0.39, 0.29) is 5.91 Å². The van der Waals surface area contributed by atoms with Gasteiger partial charge in [0.05, 0.1) is 5.39 Å². The van der Waals surface area contributed by atoms with Crippen LogP contribution in [0.5, 0.6) is 0 Å². The smallest absolute Gasteiger partial charge is 0.243 e. The normalized spacial score (nSPS) is 10.9. The van der Waals surface area contributed by atoms with E-state index in [0.717, 1.165) is 12.1 Å². The van der Waals surface area contributed by atoms with Crippen LogP contribution >= 0.6 is 0 Å². The molecule has 0 aliphatic rings. The molecule has 1 aromatic heterocycles. The minimum Gasteiger partial charge on any atom is -0.289 e. The average molecular weight is 281 g/mol. The van der Waals surface area contributed by atoms with Gasteiger partial charge in [-0.2, -0.15) is 4.57 Å². The van der Waals surface area contributed by atoms with Crippen molar-refractivity contribution in [2.45, 2.75) is 19.4 Å². The van der Waals surface area contributed by atoms with E-state index in [9.17, 15) is 4.79 Å². The van der Waals surface area contributed by atoms with Crippen molar-refractivity contribution in [3.05, 3.63) is 54.7 Å². The Labute approximate surface area is 122 Å². The van der Waals surface area contributed by atoms with Crippen LogP contribution in [0.3, 0.4) is 0 Å². The van der Waals surface area contributed by atoms with Crippen molar-refractivity contribution in [1.82, 2.24) is 5.48 Å². The number of nitrogens with zero attached hydrogens (tertiary/aromatic N) is 1. The lowest BCUT2D eigenvalue weighted by atomic mass is 10.1. The molecule has 0 saturated carbocycles. The molecule has 0 bridgehead atoms. The highest BCUT2D eigenvalue weighted by Crippen LogP contribution is 2.22. The third-order valence-electron chi connectivity index (χ3n) is 3.69. The van der Waals surface area contributed by atoms with Crippen molar-refractivity contribution >= 4 is 27.6 Å². The molecule has 0 aliphatic carbocycles. The van der Waals surface area contributed by atoms with E-state index in [1.54, 1.807) is 5.48 Å². The number of pyridine rings is 1. The molecular weight excluding hydrogens is 264 g/mol. The molecule has 0 unspecified atom stereocenters. The van der Waals surface area contributed by atoms with E-state index < -0.39 is 0 Å². The largest absolute Gasteiger partial charge is 0.289 e. The summed E-state index contributed by atoms with van der Waals surface area (Å²) >= 11 is 0. The molecule has 3 aromatic rings. The SMILES string of the molecule is O=C(CCC[n+]1cc2ccccc2c2ccccc21)NO. The van der Waals surface area contributed by atoms with Crippen LogP contribution in [0.15, 0.2) is 54.7 Å². The lowest BCUT2D eigenvalue weighted by Gasteiger charge is -2.05. The van der Waals surface area contributed by atoms with Crippen LogP contribution in [0.4, 0.5) is 0 Å². The molecule has 4 heteroatoms. The van der Waals surface area contributed by atoms with Gasteiger partial charge in [0.1, 0.15) is 6.54 Å². The molecule has 0 atom stereocenters. The maximum Gasteiger partial charge on any atom is 0.243 e. The monoisotopic (exact) mass is 281 g/mol. The van der Waals surface area contributed by atoms with Gasteiger partial charge in [-0.05, 0) is 12.1 Å². The molecule has 0 saturated heterocycles. The Kier molecular flexibility index (Phi) is 3.79. The average Bonchev–Trinajstić information content (AvgIpc) is 2.54. The summed E-state index contributed by atoms with van der Waals surface area (Å²) in [7, 11) is 0. The van der Waals surface area contributed by atoms with Gasteiger partial charge in [-0.15, -0.1) is 0 Å². The summed E-state index contributed by atoms with van der Waals surface area (Å²) in [5, 5.41) is 12.2. The van der Waals surface area contributed by atoms with Crippen LogP contribution < -0.4 is 10.0 Å². The van der Waals surface area contributed by atoms with Gasteiger partial charge in [0.25, 0.3) is 0 Å². The van der Waals surface area contributed by atoms with Crippen LogP contribution in [0, 0.1) is 0 Å². The number of hydroxylamine groups is 1. The molecule has 106 valence electrons. The summed E-state index contributed by atoms with van der Waals surface area (Å²) < 4.78 is 2.17. The number of hydrogen-bond acceptors (Lipinski definition) is 2. The first-order valence-electron chi connectivity index (χ1n) is 7.02. The zero-order chi connectivity index (χ0) is 14.7. The number of benzene rings is 2. The second-order valence-electron chi connectivity index (χ2n) is 5.07. The minimum absolute atomic E-state index is 0.310. The van der Waals surface area contributed by atoms with Gasteiger partial charge in [0, 0.05) is 29.7 Å². The standard InChI is InChI=1S/C17H16N2O2/c20-17(18-21)10-5-11-19-12-13-6-1-2-7-14(13)15-8-3-4-9-16(15)19/h1-4,6-9,12H,5,10-11H2,(H-,18,20,21)/p+1. The second kappa shape index (κ2) is 5.89. The molecule has 1 amide bonds. The molecule has 2 aromatic carbocycles. The first kappa shape index (κ1) is 13.5. The Balaban J connectivity index is 2.02. The minimum atomic E-state index is -0.347. The highest BCUT2D eigenvalue weighted by atomic mass is 16.5.